The standard InChI is InChI=1S/C13H21F3N2O2/c1-18(7-8-4-10(19)5-8)12(20)11-3-2-9(6-17-11)13(14,15)16/h8-11,17,19H,2-7H2,1H3. The van der Waals surface area contributed by atoms with Crippen molar-refractivity contribution in [1.29, 1.82) is 0 Å². The van der Waals surface area contributed by atoms with Crippen LogP contribution in [0.25, 0.3) is 0 Å². The molecule has 2 N–H and O–H groups in total. The number of likely N-dealkylation sites (N-methyl/N-ethyl adjacent to an activating group) is 1. The van der Waals surface area contributed by atoms with Crippen LogP contribution >= 0.6 is 0 Å². The smallest absolute Gasteiger partial charge is 0.393 e. The van der Waals surface area contributed by atoms with Gasteiger partial charge < -0.3 is 15.3 Å². The molecular weight excluding hydrogens is 273 g/mol. The number of carbonyl (C=O) groups excluding carboxylic acids is 1. The van der Waals surface area contributed by atoms with Gasteiger partial charge in [-0.05, 0) is 31.6 Å². The molecular formula is C13H21F3N2O2. The molecule has 2 aliphatic rings. The molecule has 0 aromatic heterocycles. The maximum absolute atomic E-state index is 12.5. The summed E-state index contributed by atoms with van der Waals surface area (Å²) < 4.78 is 37.6. The number of nitrogens with one attached hydrogen (secondary N) is 1. The second-order valence-electron chi connectivity index (χ2n) is 5.99. The Kier molecular flexibility index (Phi) is 4.59. The van der Waals surface area contributed by atoms with Gasteiger partial charge in [0.05, 0.1) is 18.1 Å². The van der Waals surface area contributed by atoms with Gasteiger partial charge in [-0.1, -0.05) is 0 Å². The van der Waals surface area contributed by atoms with E-state index in [2.05, 4.69) is 5.32 Å². The summed E-state index contributed by atoms with van der Waals surface area (Å²) in [6.45, 7) is 0.382. The Morgan fingerprint density at radius 2 is 2.00 bits per heavy atom. The minimum Gasteiger partial charge on any atom is -0.393 e. The van der Waals surface area contributed by atoms with Crippen LogP contribution < -0.4 is 5.32 Å². The molecule has 1 aliphatic carbocycles. The van der Waals surface area contributed by atoms with Gasteiger partial charge >= 0.3 is 6.18 Å². The first-order valence-electron chi connectivity index (χ1n) is 7.00. The van der Waals surface area contributed by atoms with Gasteiger partial charge in [-0.15, -0.1) is 0 Å². The van der Waals surface area contributed by atoms with E-state index in [1.165, 1.54) is 0 Å². The monoisotopic (exact) mass is 294 g/mol. The van der Waals surface area contributed by atoms with Crippen molar-refractivity contribution < 1.29 is 23.1 Å². The molecule has 0 spiro atoms. The van der Waals surface area contributed by atoms with E-state index in [1.807, 2.05) is 0 Å². The lowest BCUT2D eigenvalue weighted by Gasteiger charge is -2.37. The second kappa shape index (κ2) is 5.89. The molecule has 2 rings (SSSR count). The van der Waals surface area contributed by atoms with Crippen molar-refractivity contribution >= 4 is 5.91 Å². The van der Waals surface area contributed by atoms with E-state index in [0.29, 0.717) is 25.3 Å². The topological polar surface area (TPSA) is 52.6 Å². The van der Waals surface area contributed by atoms with Crippen LogP contribution in [-0.4, -0.2) is 54.4 Å². The summed E-state index contributed by atoms with van der Waals surface area (Å²) in [6.07, 6.45) is -2.82. The minimum atomic E-state index is -4.19. The van der Waals surface area contributed by atoms with E-state index in [4.69, 9.17) is 0 Å². The van der Waals surface area contributed by atoms with Crippen molar-refractivity contribution in [2.24, 2.45) is 11.8 Å². The molecule has 1 heterocycles. The van der Waals surface area contributed by atoms with Gasteiger partial charge in [0.15, 0.2) is 0 Å². The molecule has 1 aliphatic heterocycles. The molecule has 0 bridgehead atoms. The molecule has 2 unspecified atom stereocenters. The molecule has 0 aromatic carbocycles. The van der Waals surface area contributed by atoms with E-state index < -0.39 is 18.1 Å². The third kappa shape index (κ3) is 3.63. The molecule has 0 aromatic rings. The molecule has 2 fully saturated rings. The normalized spacial score (nSPS) is 34.5. The van der Waals surface area contributed by atoms with E-state index in [9.17, 15) is 23.1 Å². The first-order chi connectivity index (χ1) is 9.27. The number of rotatable bonds is 3. The van der Waals surface area contributed by atoms with Crippen molar-refractivity contribution in [3.63, 3.8) is 0 Å². The quantitative estimate of drug-likeness (QED) is 0.821. The Morgan fingerprint density at radius 1 is 1.35 bits per heavy atom. The van der Waals surface area contributed by atoms with Crippen LogP contribution in [0.3, 0.4) is 0 Å². The highest BCUT2D eigenvalue weighted by Crippen LogP contribution is 2.32. The maximum Gasteiger partial charge on any atom is 0.393 e. The molecule has 20 heavy (non-hydrogen) atoms. The van der Waals surface area contributed by atoms with E-state index >= 15 is 0 Å². The number of aliphatic hydroxyl groups excluding tert-OH is 1. The molecule has 2 atom stereocenters. The van der Waals surface area contributed by atoms with Crippen LogP contribution in [-0.2, 0) is 4.79 Å². The number of nitrogens with zero attached hydrogens (tertiary/aromatic N) is 1. The Labute approximate surface area is 116 Å². The van der Waals surface area contributed by atoms with Crippen LogP contribution in [0.15, 0.2) is 0 Å². The number of carbonyl (C=O) groups is 1. The molecule has 1 saturated carbocycles. The molecule has 0 radical (unpaired) electrons. The molecule has 116 valence electrons. The number of alkyl halides is 3. The Hall–Kier alpha value is -0.820. The van der Waals surface area contributed by atoms with Gasteiger partial charge in [0, 0.05) is 20.1 Å². The summed E-state index contributed by atoms with van der Waals surface area (Å²) in [7, 11) is 1.67. The highest BCUT2D eigenvalue weighted by Gasteiger charge is 2.43. The summed E-state index contributed by atoms with van der Waals surface area (Å²) in [6, 6.07) is -0.511. The number of amides is 1. The number of halogens is 3. The summed E-state index contributed by atoms with van der Waals surface area (Å²) in [5, 5.41) is 11.9. The predicted molar refractivity (Wildman–Crippen MR) is 66.9 cm³/mol. The van der Waals surface area contributed by atoms with Gasteiger partial charge in [0.1, 0.15) is 0 Å². The van der Waals surface area contributed by atoms with Crippen LogP contribution in [0.4, 0.5) is 13.2 Å². The fraction of sp³-hybridized carbons (Fsp3) is 0.923. The first kappa shape index (κ1) is 15.6. The molecule has 4 nitrogen and oxygen atoms in total. The van der Waals surface area contributed by atoms with Crippen molar-refractivity contribution in [1.82, 2.24) is 10.2 Å². The van der Waals surface area contributed by atoms with E-state index in [1.54, 1.807) is 11.9 Å². The summed E-state index contributed by atoms with van der Waals surface area (Å²) in [5.41, 5.74) is 0. The molecule has 1 amide bonds. The lowest BCUT2D eigenvalue weighted by Crippen LogP contribution is -2.52. The zero-order valence-electron chi connectivity index (χ0n) is 11.5. The van der Waals surface area contributed by atoms with Crippen molar-refractivity contribution in [3.05, 3.63) is 0 Å². The highest BCUT2D eigenvalue weighted by molar-refractivity contribution is 5.81. The maximum atomic E-state index is 12.5. The second-order valence-corrected chi connectivity index (χ2v) is 5.99. The number of piperidine rings is 1. The Balaban J connectivity index is 1.76. The van der Waals surface area contributed by atoms with E-state index in [-0.39, 0.29) is 31.4 Å². The van der Waals surface area contributed by atoms with Crippen molar-refractivity contribution in [2.45, 2.75) is 44.0 Å². The molecule has 7 heteroatoms. The van der Waals surface area contributed by atoms with E-state index in [0.717, 1.165) is 0 Å². The zero-order valence-corrected chi connectivity index (χ0v) is 11.5. The molecule has 1 saturated heterocycles. The van der Waals surface area contributed by atoms with Crippen LogP contribution in [0.5, 0.6) is 0 Å². The SMILES string of the molecule is CN(CC1CC(O)C1)C(=O)C1CCC(C(F)(F)F)CN1. The van der Waals surface area contributed by atoms with Gasteiger partial charge in [0.2, 0.25) is 5.91 Å². The van der Waals surface area contributed by atoms with Crippen molar-refractivity contribution in [2.75, 3.05) is 20.1 Å². The van der Waals surface area contributed by atoms with Crippen LogP contribution in [0.1, 0.15) is 25.7 Å². The number of hydrogen-bond acceptors (Lipinski definition) is 3. The number of aliphatic hydroxyl groups is 1. The average molecular weight is 294 g/mol. The lowest BCUT2D eigenvalue weighted by atomic mass is 9.82. The van der Waals surface area contributed by atoms with Gasteiger partial charge in [0.25, 0.3) is 0 Å². The zero-order chi connectivity index (χ0) is 14.9. The minimum absolute atomic E-state index is 0.00287. The summed E-state index contributed by atoms with van der Waals surface area (Å²) in [4.78, 5) is 13.7. The first-order valence-corrected chi connectivity index (χ1v) is 7.00. The average Bonchev–Trinajstić information content (AvgIpc) is 2.35. The van der Waals surface area contributed by atoms with Crippen molar-refractivity contribution in [3.8, 4) is 0 Å². The van der Waals surface area contributed by atoms with Gasteiger partial charge in [-0.3, -0.25) is 4.79 Å². The van der Waals surface area contributed by atoms with Crippen LogP contribution in [0.2, 0.25) is 0 Å². The number of hydrogen-bond donors (Lipinski definition) is 2. The highest BCUT2D eigenvalue weighted by atomic mass is 19.4. The third-order valence-corrected chi connectivity index (χ3v) is 4.29. The third-order valence-electron chi connectivity index (χ3n) is 4.29. The van der Waals surface area contributed by atoms with Gasteiger partial charge in [-0.25, -0.2) is 0 Å². The largest absolute Gasteiger partial charge is 0.393 e. The van der Waals surface area contributed by atoms with Crippen LogP contribution in [0, 0.1) is 11.8 Å². The summed E-state index contributed by atoms with van der Waals surface area (Å²) in [5.74, 6) is -1.18. The lowest BCUT2D eigenvalue weighted by molar-refractivity contribution is -0.180. The fourth-order valence-electron chi connectivity index (χ4n) is 2.94. The Bertz CT molecular complexity index is 348. The Morgan fingerprint density at radius 3 is 2.45 bits per heavy atom. The van der Waals surface area contributed by atoms with Gasteiger partial charge in [-0.2, -0.15) is 13.2 Å². The fourth-order valence-corrected chi connectivity index (χ4v) is 2.94. The predicted octanol–water partition coefficient (Wildman–Crippen LogP) is 1.15. The summed E-state index contributed by atoms with van der Waals surface area (Å²) >= 11 is 0.